The lowest BCUT2D eigenvalue weighted by molar-refractivity contribution is -0.117. The van der Waals surface area contributed by atoms with Gasteiger partial charge in [-0.2, -0.15) is 0 Å². The van der Waals surface area contributed by atoms with Crippen molar-refractivity contribution in [2.24, 2.45) is 5.92 Å². The Bertz CT molecular complexity index is 436. The van der Waals surface area contributed by atoms with Crippen molar-refractivity contribution in [3.63, 3.8) is 0 Å². The summed E-state index contributed by atoms with van der Waals surface area (Å²) in [6.45, 7) is 4.68. The van der Waals surface area contributed by atoms with Gasteiger partial charge in [0.05, 0.1) is 0 Å². The highest BCUT2D eigenvalue weighted by Crippen LogP contribution is 2.33. The van der Waals surface area contributed by atoms with Gasteiger partial charge in [0.25, 0.3) is 0 Å². The Morgan fingerprint density at radius 2 is 1.94 bits per heavy atom. The summed E-state index contributed by atoms with van der Waals surface area (Å²) in [5.41, 5.74) is 3.07. The topological polar surface area (TPSA) is 20.3 Å². The molecule has 1 aliphatic rings. The maximum absolute atomic E-state index is 12.0. The molecule has 92 valence electrons. The van der Waals surface area contributed by atoms with E-state index in [1.54, 1.807) is 0 Å². The summed E-state index contributed by atoms with van der Waals surface area (Å²) < 4.78 is 0. The number of carbonyl (C=O) groups is 1. The fraction of sp³-hybridized carbons (Fsp3) is 0.462. The zero-order valence-electron chi connectivity index (χ0n) is 9.96. The second kappa shape index (κ2) is 4.87. The van der Waals surface area contributed by atoms with Gasteiger partial charge in [-0.25, -0.2) is 0 Å². The highest BCUT2D eigenvalue weighted by atomic mass is 35.5. The third-order valence-corrected chi connectivity index (χ3v) is 3.80. The van der Waals surface area contributed by atoms with E-state index in [0.29, 0.717) is 23.9 Å². The molecule has 1 unspecified atom stereocenters. The number of benzene rings is 1. The van der Waals surface area contributed by atoms with Gasteiger partial charge in [0.15, 0.2) is 0 Å². The van der Waals surface area contributed by atoms with Crippen molar-refractivity contribution in [3.05, 3.63) is 28.3 Å². The third-order valence-electron chi connectivity index (χ3n) is 3.15. The second-order valence-electron chi connectivity index (χ2n) is 4.62. The van der Waals surface area contributed by atoms with Gasteiger partial charge in [-0.1, -0.05) is 11.6 Å². The number of hydrogen-bond acceptors (Lipinski definition) is 1. The molecule has 0 bridgehead atoms. The number of rotatable bonds is 2. The van der Waals surface area contributed by atoms with Crippen LogP contribution in [0.5, 0.6) is 0 Å². The summed E-state index contributed by atoms with van der Waals surface area (Å²) in [7, 11) is 0. The lowest BCUT2D eigenvalue weighted by atomic mass is 10.1. The smallest absolute Gasteiger partial charge is 0.227 e. The van der Waals surface area contributed by atoms with E-state index < -0.39 is 0 Å². The molecule has 1 atom stereocenters. The molecule has 0 spiro atoms. The summed E-state index contributed by atoms with van der Waals surface area (Å²) in [6, 6.07) is 3.79. The Hall–Kier alpha value is -0.730. The van der Waals surface area contributed by atoms with Crippen LogP contribution in [0.1, 0.15) is 17.5 Å². The van der Waals surface area contributed by atoms with E-state index in [4.69, 9.17) is 23.2 Å². The maximum Gasteiger partial charge on any atom is 0.227 e. The molecular formula is C13H15Cl2NO. The number of alkyl halides is 1. The Balaban J connectivity index is 2.38. The molecule has 1 aromatic rings. The number of halogens is 2. The fourth-order valence-electron chi connectivity index (χ4n) is 2.43. The number of anilines is 1. The number of nitrogens with zero attached hydrogens (tertiary/aromatic N) is 1. The number of hydrogen-bond donors (Lipinski definition) is 0. The van der Waals surface area contributed by atoms with Gasteiger partial charge in [0.2, 0.25) is 5.91 Å². The standard InChI is InChI=1S/C13H15Cl2NO/c1-8-3-11(15)4-9(2)13(8)16-7-10(6-14)5-12(16)17/h3-4,10H,5-7H2,1-2H3. The molecule has 1 fully saturated rings. The summed E-state index contributed by atoms with van der Waals surface area (Å²) in [4.78, 5) is 13.8. The molecule has 2 rings (SSSR count). The van der Waals surface area contributed by atoms with Gasteiger partial charge in [0.1, 0.15) is 0 Å². The third kappa shape index (κ3) is 2.43. The van der Waals surface area contributed by atoms with Crippen LogP contribution in [-0.2, 0) is 4.79 Å². The first-order valence-corrected chi connectivity index (χ1v) is 6.57. The van der Waals surface area contributed by atoms with E-state index in [2.05, 4.69) is 0 Å². The van der Waals surface area contributed by atoms with Gasteiger partial charge in [-0.15, -0.1) is 11.6 Å². The molecule has 0 radical (unpaired) electrons. The zero-order valence-corrected chi connectivity index (χ0v) is 11.5. The van der Waals surface area contributed by atoms with Crippen LogP contribution < -0.4 is 4.90 Å². The summed E-state index contributed by atoms with van der Waals surface area (Å²) in [5, 5.41) is 0.712. The van der Waals surface area contributed by atoms with Crippen molar-refractivity contribution in [3.8, 4) is 0 Å². The van der Waals surface area contributed by atoms with Crippen LogP contribution in [0.3, 0.4) is 0 Å². The van der Waals surface area contributed by atoms with Crippen LogP contribution in [0, 0.1) is 19.8 Å². The first-order valence-electron chi connectivity index (χ1n) is 5.66. The van der Waals surface area contributed by atoms with Crippen molar-refractivity contribution >= 4 is 34.8 Å². The van der Waals surface area contributed by atoms with Crippen molar-refractivity contribution < 1.29 is 4.79 Å². The average molecular weight is 272 g/mol. The van der Waals surface area contributed by atoms with E-state index in [0.717, 1.165) is 16.8 Å². The van der Waals surface area contributed by atoms with Crippen LogP contribution in [0.4, 0.5) is 5.69 Å². The lowest BCUT2D eigenvalue weighted by Crippen LogP contribution is -2.26. The summed E-state index contributed by atoms with van der Waals surface area (Å²) >= 11 is 11.8. The maximum atomic E-state index is 12.0. The molecule has 17 heavy (non-hydrogen) atoms. The van der Waals surface area contributed by atoms with E-state index in [1.807, 2.05) is 30.9 Å². The van der Waals surface area contributed by atoms with Crippen molar-refractivity contribution in [1.82, 2.24) is 0 Å². The van der Waals surface area contributed by atoms with Gasteiger partial charge in [-0.05, 0) is 43.0 Å². The fourth-order valence-corrected chi connectivity index (χ4v) is 2.96. The average Bonchev–Trinajstić information content (AvgIpc) is 2.59. The SMILES string of the molecule is Cc1cc(Cl)cc(C)c1N1CC(CCl)CC1=O. The summed E-state index contributed by atoms with van der Waals surface area (Å²) in [6.07, 6.45) is 0.547. The second-order valence-corrected chi connectivity index (χ2v) is 5.36. The molecule has 0 aliphatic carbocycles. The van der Waals surface area contributed by atoms with Gasteiger partial charge >= 0.3 is 0 Å². The van der Waals surface area contributed by atoms with Crippen LogP contribution in [0.15, 0.2) is 12.1 Å². The molecule has 1 amide bonds. The van der Waals surface area contributed by atoms with Crippen LogP contribution in [0.25, 0.3) is 0 Å². The Labute approximate surface area is 112 Å². The highest BCUT2D eigenvalue weighted by molar-refractivity contribution is 6.30. The molecule has 2 nitrogen and oxygen atoms in total. The minimum Gasteiger partial charge on any atom is -0.312 e. The Morgan fingerprint density at radius 1 is 1.35 bits per heavy atom. The highest BCUT2D eigenvalue weighted by Gasteiger charge is 2.31. The van der Waals surface area contributed by atoms with Crippen LogP contribution in [0.2, 0.25) is 5.02 Å². The molecule has 0 N–H and O–H groups in total. The molecule has 4 heteroatoms. The Kier molecular flexibility index (Phi) is 3.64. The predicted molar refractivity (Wildman–Crippen MR) is 72.1 cm³/mol. The van der Waals surface area contributed by atoms with E-state index in [9.17, 15) is 4.79 Å². The van der Waals surface area contributed by atoms with E-state index in [1.165, 1.54) is 0 Å². The molecule has 0 aromatic heterocycles. The number of aryl methyl sites for hydroxylation is 2. The van der Waals surface area contributed by atoms with Gasteiger partial charge in [-0.3, -0.25) is 4.79 Å². The number of amides is 1. The van der Waals surface area contributed by atoms with E-state index in [-0.39, 0.29) is 11.8 Å². The van der Waals surface area contributed by atoms with Crippen molar-refractivity contribution in [2.45, 2.75) is 20.3 Å². The minimum absolute atomic E-state index is 0.157. The zero-order chi connectivity index (χ0) is 12.6. The molecule has 1 saturated heterocycles. The minimum atomic E-state index is 0.157. The Morgan fingerprint density at radius 3 is 2.41 bits per heavy atom. The number of carbonyl (C=O) groups excluding carboxylic acids is 1. The van der Waals surface area contributed by atoms with Crippen molar-refractivity contribution in [2.75, 3.05) is 17.3 Å². The van der Waals surface area contributed by atoms with Gasteiger partial charge < -0.3 is 4.90 Å². The first kappa shape index (κ1) is 12.7. The molecule has 1 heterocycles. The molecule has 0 saturated carbocycles. The van der Waals surface area contributed by atoms with Gasteiger partial charge in [0, 0.05) is 29.6 Å². The summed E-state index contributed by atoms with van der Waals surface area (Å²) in [5.74, 6) is 0.955. The first-order chi connectivity index (χ1) is 8.02. The lowest BCUT2D eigenvalue weighted by Gasteiger charge is -2.21. The normalized spacial score (nSPS) is 20.1. The quantitative estimate of drug-likeness (QED) is 0.754. The van der Waals surface area contributed by atoms with Crippen LogP contribution >= 0.6 is 23.2 Å². The monoisotopic (exact) mass is 271 g/mol. The molecule has 1 aromatic carbocycles. The predicted octanol–water partition coefficient (Wildman–Crippen LogP) is 3.55. The largest absolute Gasteiger partial charge is 0.312 e. The van der Waals surface area contributed by atoms with Crippen LogP contribution in [-0.4, -0.2) is 18.3 Å². The van der Waals surface area contributed by atoms with Crippen molar-refractivity contribution in [1.29, 1.82) is 0 Å². The molecular weight excluding hydrogens is 257 g/mol. The van der Waals surface area contributed by atoms with E-state index >= 15 is 0 Å². The molecule has 1 aliphatic heterocycles.